The van der Waals surface area contributed by atoms with E-state index in [0.717, 1.165) is 6.54 Å². The lowest BCUT2D eigenvalue weighted by molar-refractivity contribution is 0.538. The molecule has 0 spiro atoms. The van der Waals surface area contributed by atoms with Gasteiger partial charge in [-0.1, -0.05) is 26.0 Å². The number of fused-ring (bicyclic) bond motifs is 1. The van der Waals surface area contributed by atoms with E-state index in [1.54, 1.807) is 0 Å². The molecule has 1 aromatic rings. The number of nitrogens with two attached hydrogens (primary N) is 1. The number of aryl methyl sites for hydroxylation is 1. The molecule has 0 unspecified atom stereocenters. The fourth-order valence-corrected chi connectivity index (χ4v) is 2.01. The van der Waals surface area contributed by atoms with Gasteiger partial charge in [0.05, 0.1) is 0 Å². The first kappa shape index (κ1) is 10.5. The zero-order chi connectivity index (χ0) is 10.9. The van der Waals surface area contributed by atoms with Gasteiger partial charge in [0.25, 0.3) is 0 Å². The molecule has 0 aliphatic carbocycles. The molecule has 0 atom stereocenters. The van der Waals surface area contributed by atoms with Crippen LogP contribution in [0.4, 0.5) is 5.69 Å². The predicted octanol–water partition coefficient (Wildman–Crippen LogP) is 2.28. The highest BCUT2D eigenvalue weighted by atomic mass is 14.9. The largest absolute Gasteiger partial charge is 0.385 e. The van der Waals surface area contributed by atoms with Gasteiger partial charge in [-0.25, -0.2) is 0 Å². The van der Waals surface area contributed by atoms with E-state index >= 15 is 0 Å². The van der Waals surface area contributed by atoms with Crippen LogP contribution in [0.5, 0.6) is 0 Å². The molecule has 3 N–H and O–H groups in total. The Morgan fingerprint density at radius 3 is 2.93 bits per heavy atom. The Morgan fingerprint density at radius 1 is 1.40 bits per heavy atom. The van der Waals surface area contributed by atoms with Crippen molar-refractivity contribution in [3.63, 3.8) is 0 Å². The second-order valence-electron chi connectivity index (χ2n) is 4.99. The van der Waals surface area contributed by atoms with Crippen LogP contribution in [0.15, 0.2) is 18.2 Å². The fourth-order valence-electron chi connectivity index (χ4n) is 2.01. The molecule has 0 fully saturated rings. The van der Waals surface area contributed by atoms with Crippen molar-refractivity contribution in [1.82, 2.24) is 0 Å². The Kier molecular flexibility index (Phi) is 2.70. The summed E-state index contributed by atoms with van der Waals surface area (Å²) in [6.45, 7) is 6.20. The summed E-state index contributed by atoms with van der Waals surface area (Å²) >= 11 is 0. The molecular weight excluding hydrogens is 184 g/mol. The minimum atomic E-state index is 0.0898. The number of hydrogen-bond donors (Lipinski definition) is 2. The Bertz CT molecular complexity index is 356. The molecule has 0 amide bonds. The summed E-state index contributed by atoms with van der Waals surface area (Å²) in [5, 5.41) is 3.43. The molecule has 1 aliphatic heterocycles. The Balaban J connectivity index is 2.36. The monoisotopic (exact) mass is 204 g/mol. The lowest BCUT2D eigenvalue weighted by Gasteiger charge is -2.26. The maximum atomic E-state index is 5.80. The minimum absolute atomic E-state index is 0.0898. The molecular formula is C13H20N2. The van der Waals surface area contributed by atoms with Crippen LogP contribution in [0.25, 0.3) is 0 Å². The van der Waals surface area contributed by atoms with Gasteiger partial charge in [0, 0.05) is 24.2 Å². The van der Waals surface area contributed by atoms with Crippen LogP contribution in [-0.4, -0.2) is 13.1 Å². The highest BCUT2D eigenvalue weighted by Gasteiger charge is 2.20. The maximum Gasteiger partial charge on any atom is 0.0372 e. The van der Waals surface area contributed by atoms with Gasteiger partial charge >= 0.3 is 0 Å². The summed E-state index contributed by atoms with van der Waals surface area (Å²) in [5.41, 5.74) is 9.99. The molecule has 1 aliphatic rings. The van der Waals surface area contributed by atoms with Crippen molar-refractivity contribution in [2.75, 3.05) is 18.4 Å². The summed E-state index contributed by atoms with van der Waals surface area (Å²) in [4.78, 5) is 0. The first-order valence-electron chi connectivity index (χ1n) is 5.71. The van der Waals surface area contributed by atoms with Crippen LogP contribution in [0.2, 0.25) is 0 Å². The highest BCUT2D eigenvalue weighted by molar-refractivity contribution is 5.55. The van der Waals surface area contributed by atoms with E-state index in [0.29, 0.717) is 6.54 Å². The maximum absolute atomic E-state index is 5.80. The molecule has 2 rings (SSSR count). The van der Waals surface area contributed by atoms with Crippen LogP contribution < -0.4 is 11.1 Å². The number of anilines is 1. The van der Waals surface area contributed by atoms with Gasteiger partial charge in [-0.05, 0) is 30.0 Å². The molecule has 0 radical (unpaired) electrons. The molecule has 15 heavy (non-hydrogen) atoms. The summed E-state index contributed by atoms with van der Waals surface area (Å²) < 4.78 is 0. The van der Waals surface area contributed by atoms with Crippen LogP contribution in [-0.2, 0) is 11.8 Å². The van der Waals surface area contributed by atoms with Gasteiger partial charge in [-0.15, -0.1) is 0 Å². The number of benzene rings is 1. The molecule has 2 heteroatoms. The van der Waals surface area contributed by atoms with Gasteiger partial charge in [0.15, 0.2) is 0 Å². The first-order valence-corrected chi connectivity index (χ1v) is 5.71. The SMILES string of the molecule is CC(C)(CN)c1ccc2c(c1)CCCN2. The third kappa shape index (κ3) is 2.00. The van der Waals surface area contributed by atoms with Gasteiger partial charge in [-0.2, -0.15) is 0 Å². The topological polar surface area (TPSA) is 38.0 Å². The highest BCUT2D eigenvalue weighted by Crippen LogP contribution is 2.28. The third-order valence-corrected chi connectivity index (χ3v) is 3.34. The minimum Gasteiger partial charge on any atom is -0.385 e. The molecule has 0 bridgehead atoms. The Morgan fingerprint density at radius 2 is 2.20 bits per heavy atom. The Labute approximate surface area is 91.9 Å². The zero-order valence-corrected chi connectivity index (χ0v) is 9.64. The van der Waals surface area contributed by atoms with Crippen molar-refractivity contribution < 1.29 is 0 Å². The molecule has 82 valence electrons. The summed E-state index contributed by atoms with van der Waals surface area (Å²) in [6.07, 6.45) is 2.43. The average Bonchev–Trinajstić information content (AvgIpc) is 2.28. The molecule has 0 aromatic heterocycles. The van der Waals surface area contributed by atoms with Crippen molar-refractivity contribution in [1.29, 1.82) is 0 Å². The summed E-state index contributed by atoms with van der Waals surface area (Å²) in [5.74, 6) is 0. The predicted molar refractivity (Wildman–Crippen MR) is 65.3 cm³/mol. The van der Waals surface area contributed by atoms with Crippen LogP contribution in [0.3, 0.4) is 0 Å². The van der Waals surface area contributed by atoms with Gasteiger partial charge in [-0.3, -0.25) is 0 Å². The summed E-state index contributed by atoms with van der Waals surface area (Å²) in [6, 6.07) is 6.71. The van der Waals surface area contributed by atoms with Crippen molar-refractivity contribution >= 4 is 5.69 Å². The van der Waals surface area contributed by atoms with Crippen molar-refractivity contribution in [3.8, 4) is 0 Å². The molecule has 2 nitrogen and oxygen atoms in total. The lowest BCUT2D eigenvalue weighted by atomic mass is 9.83. The van der Waals surface area contributed by atoms with E-state index in [2.05, 4.69) is 37.4 Å². The lowest BCUT2D eigenvalue weighted by Crippen LogP contribution is -2.28. The van der Waals surface area contributed by atoms with Crippen molar-refractivity contribution in [2.45, 2.75) is 32.1 Å². The fraction of sp³-hybridized carbons (Fsp3) is 0.538. The number of nitrogens with one attached hydrogen (secondary N) is 1. The quantitative estimate of drug-likeness (QED) is 0.775. The van der Waals surface area contributed by atoms with Crippen LogP contribution >= 0.6 is 0 Å². The van der Waals surface area contributed by atoms with E-state index in [9.17, 15) is 0 Å². The van der Waals surface area contributed by atoms with Crippen LogP contribution in [0, 0.1) is 0 Å². The van der Waals surface area contributed by atoms with Crippen LogP contribution in [0.1, 0.15) is 31.4 Å². The Hall–Kier alpha value is -1.02. The second-order valence-corrected chi connectivity index (χ2v) is 4.99. The summed E-state index contributed by atoms with van der Waals surface area (Å²) in [7, 11) is 0. The van der Waals surface area contributed by atoms with E-state index in [1.165, 1.54) is 29.7 Å². The second kappa shape index (κ2) is 3.86. The molecule has 1 aromatic carbocycles. The normalized spacial score (nSPS) is 15.7. The number of rotatable bonds is 2. The standard InChI is InChI=1S/C13H20N2/c1-13(2,9-14)11-5-6-12-10(8-11)4-3-7-15-12/h5-6,8,15H,3-4,7,9,14H2,1-2H3. The van der Waals surface area contributed by atoms with Crippen molar-refractivity contribution in [2.24, 2.45) is 5.73 Å². The molecule has 1 heterocycles. The van der Waals surface area contributed by atoms with Crippen molar-refractivity contribution in [3.05, 3.63) is 29.3 Å². The third-order valence-electron chi connectivity index (χ3n) is 3.34. The molecule has 0 saturated carbocycles. The molecule has 0 saturated heterocycles. The zero-order valence-electron chi connectivity index (χ0n) is 9.64. The number of hydrogen-bond acceptors (Lipinski definition) is 2. The van der Waals surface area contributed by atoms with E-state index in [-0.39, 0.29) is 5.41 Å². The first-order chi connectivity index (χ1) is 7.13. The van der Waals surface area contributed by atoms with Gasteiger partial charge < -0.3 is 11.1 Å². The van der Waals surface area contributed by atoms with Gasteiger partial charge in [0.2, 0.25) is 0 Å². The van der Waals surface area contributed by atoms with E-state index in [1.807, 2.05) is 0 Å². The van der Waals surface area contributed by atoms with E-state index in [4.69, 9.17) is 5.73 Å². The smallest absolute Gasteiger partial charge is 0.0372 e. The van der Waals surface area contributed by atoms with E-state index < -0.39 is 0 Å². The average molecular weight is 204 g/mol. The van der Waals surface area contributed by atoms with Gasteiger partial charge in [0.1, 0.15) is 0 Å².